The third-order valence-corrected chi connectivity index (χ3v) is 10.3. The van der Waals surface area contributed by atoms with Gasteiger partial charge in [0.1, 0.15) is 17.2 Å². The normalized spacial score (nSPS) is 12.1. The summed E-state index contributed by atoms with van der Waals surface area (Å²) in [5.74, 6) is 0.793. The molecule has 0 aliphatic carbocycles. The number of benzene rings is 6. The summed E-state index contributed by atoms with van der Waals surface area (Å²) in [4.78, 5) is 2.28. The van der Waals surface area contributed by atoms with Crippen LogP contribution in [-0.2, 0) is 16.2 Å². The zero-order valence-electron chi connectivity index (χ0n) is 29.1. The highest BCUT2D eigenvalue weighted by atomic mass is 16.3. The van der Waals surface area contributed by atoms with Crippen molar-refractivity contribution in [1.29, 1.82) is 0 Å². The van der Waals surface area contributed by atoms with Crippen molar-refractivity contribution >= 4 is 17.1 Å². The van der Waals surface area contributed by atoms with Crippen LogP contribution in [0.25, 0.3) is 0 Å². The van der Waals surface area contributed by atoms with E-state index in [1.165, 1.54) is 16.7 Å². The Morgan fingerprint density at radius 1 is 0.286 bits per heavy atom. The van der Waals surface area contributed by atoms with Crippen LogP contribution in [0.15, 0.2) is 146 Å². The SMILES string of the molecule is CC(C)(c1ccc(O)cc1)c1ccc(N(c2ccc(C(C)(C)c3ccc(O)cc3)cc2)c2ccc(C(C)(C)c3ccc(O)cc3)cc2)cc1. The van der Waals surface area contributed by atoms with E-state index in [0.29, 0.717) is 0 Å². The number of anilines is 3. The topological polar surface area (TPSA) is 63.9 Å². The first-order valence-electron chi connectivity index (χ1n) is 16.8. The first-order valence-corrected chi connectivity index (χ1v) is 16.8. The van der Waals surface area contributed by atoms with Gasteiger partial charge >= 0.3 is 0 Å². The Hall–Kier alpha value is -5.48. The van der Waals surface area contributed by atoms with Gasteiger partial charge in [-0.25, -0.2) is 0 Å². The smallest absolute Gasteiger partial charge is 0.115 e. The Labute approximate surface area is 290 Å². The monoisotopic (exact) mass is 647 g/mol. The average molecular weight is 648 g/mol. The molecule has 0 aromatic heterocycles. The molecule has 4 heteroatoms. The third-order valence-electron chi connectivity index (χ3n) is 10.3. The molecular weight excluding hydrogens is 602 g/mol. The van der Waals surface area contributed by atoms with E-state index in [0.717, 1.165) is 33.8 Å². The molecule has 0 atom stereocenters. The number of aromatic hydroxyl groups is 3. The predicted molar refractivity (Wildman–Crippen MR) is 202 cm³/mol. The Morgan fingerprint density at radius 3 is 0.633 bits per heavy atom. The van der Waals surface area contributed by atoms with Crippen LogP contribution in [0.4, 0.5) is 17.1 Å². The van der Waals surface area contributed by atoms with Crippen LogP contribution in [0.5, 0.6) is 17.2 Å². The lowest BCUT2D eigenvalue weighted by molar-refractivity contribution is 0.474. The van der Waals surface area contributed by atoms with Gasteiger partial charge in [0.25, 0.3) is 0 Å². The van der Waals surface area contributed by atoms with E-state index in [-0.39, 0.29) is 33.5 Å². The van der Waals surface area contributed by atoms with Crippen molar-refractivity contribution in [3.8, 4) is 17.2 Å². The van der Waals surface area contributed by atoms with Crippen molar-refractivity contribution in [2.24, 2.45) is 0 Å². The summed E-state index contributed by atoms with van der Waals surface area (Å²) >= 11 is 0. The fourth-order valence-corrected chi connectivity index (χ4v) is 6.66. The van der Waals surface area contributed by atoms with Crippen molar-refractivity contribution in [2.75, 3.05) is 4.90 Å². The zero-order chi connectivity index (χ0) is 35.0. The first kappa shape index (κ1) is 33.4. The second kappa shape index (κ2) is 12.9. The van der Waals surface area contributed by atoms with Crippen LogP contribution >= 0.6 is 0 Å². The molecule has 0 saturated heterocycles. The minimum atomic E-state index is -0.250. The highest BCUT2D eigenvalue weighted by Crippen LogP contribution is 2.41. The number of rotatable bonds is 9. The molecule has 0 aliphatic rings. The van der Waals surface area contributed by atoms with Gasteiger partial charge < -0.3 is 20.2 Å². The van der Waals surface area contributed by atoms with Crippen LogP contribution in [0.3, 0.4) is 0 Å². The number of hydrogen-bond acceptors (Lipinski definition) is 4. The van der Waals surface area contributed by atoms with Gasteiger partial charge in [0.15, 0.2) is 0 Å². The summed E-state index contributed by atoms with van der Waals surface area (Å²) in [7, 11) is 0. The zero-order valence-corrected chi connectivity index (χ0v) is 29.1. The van der Waals surface area contributed by atoms with Crippen LogP contribution in [-0.4, -0.2) is 15.3 Å². The summed E-state index contributed by atoms with van der Waals surface area (Å²) in [5.41, 5.74) is 9.32. The lowest BCUT2D eigenvalue weighted by Gasteiger charge is -2.31. The van der Waals surface area contributed by atoms with E-state index in [1.54, 1.807) is 36.4 Å². The first-order chi connectivity index (χ1) is 23.3. The highest BCUT2D eigenvalue weighted by molar-refractivity contribution is 5.77. The molecule has 248 valence electrons. The van der Waals surface area contributed by atoms with Gasteiger partial charge in [0.05, 0.1) is 0 Å². The lowest BCUT2D eigenvalue weighted by atomic mass is 9.78. The van der Waals surface area contributed by atoms with Gasteiger partial charge in [-0.05, 0) is 106 Å². The van der Waals surface area contributed by atoms with Crippen LogP contribution in [0.1, 0.15) is 74.9 Å². The number of nitrogens with zero attached hydrogens (tertiary/aromatic N) is 1. The van der Waals surface area contributed by atoms with Crippen molar-refractivity contribution in [2.45, 2.75) is 57.8 Å². The van der Waals surface area contributed by atoms with Gasteiger partial charge in [-0.2, -0.15) is 0 Å². The van der Waals surface area contributed by atoms with Gasteiger partial charge in [-0.1, -0.05) is 114 Å². The van der Waals surface area contributed by atoms with Gasteiger partial charge in [0.2, 0.25) is 0 Å². The van der Waals surface area contributed by atoms with Gasteiger partial charge in [-0.15, -0.1) is 0 Å². The second-order valence-electron chi connectivity index (χ2n) is 14.5. The average Bonchev–Trinajstić information content (AvgIpc) is 3.10. The molecule has 0 unspecified atom stereocenters. The molecule has 4 nitrogen and oxygen atoms in total. The molecule has 0 radical (unpaired) electrons. The largest absolute Gasteiger partial charge is 0.508 e. The van der Waals surface area contributed by atoms with Gasteiger partial charge in [0, 0.05) is 33.3 Å². The van der Waals surface area contributed by atoms with Crippen LogP contribution < -0.4 is 4.90 Å². The third kappa shape index (κ3) is 6.64. The van der Waals surface area contributed by atoms with Crippen molar-refractivity contribution in [3.63, 3.8) is 0 Å². The molecule has 6 aromatic rings. The van der Waals surface area contributed by atoms with E-state index in [1.807, 2.05) is 36.4 Å². The highest BCUT2D eigenvalue weighted by Gasteiger charge is 2.27. The molecule has 0 bridgehead atoms. The maximum Gasteiger partial charge on any atom is 0.115 e. The predicted octanol–water partition coefficient (Wildman–Crippen LogP) is 11.3. The fraction of sp³-hybridized carbons (Fsp3) is 0.200. The fourth-order valence-electron chi connectivity index (χ4n) is 6.66. The molecule has 6 rings (SSSR count). The molecule has 0 amide bonds. The molecule has 0 spiro atoms. The van der Waals surface area contributed by atoms with Crippen molar-refractivity contribution in [1.82, 2.24) is 0 Å². The maximum atomic E-state index is 9.84. The molecule has 49 heavy (non-hydrogen) atoms. The second-order valence-corrected chi connectivity index (χ2v) is 14.5. The molecule has 3 N–H and O–H groups in total. The Morgan fingerprint density at radius 2 is 0.449 bits per heavy atom. The molecular formula is C45H45NO3. The summed E-state index contributed by atoms with van der Waals surface area (Å²) in [6.07, 6.45) is 0. The summed E-state index contributed by atoms with van der Waals surface area (Å²) in [6.45, 7) is 13.2. The van der Waals surface area contributed by atoms with Crippen molar-refractivity contribution < 1.29 is 15.3 Å². The Kier molecular flexibility index (Phi) is 8.77. The summed E-state index contributed by atoms with van der Waals surface area (Å²) < 4.78 is 0. The number of hydrogen-bond donors (Lipinski definition) is 3. The van der Waals surface area contributed by atoms with Crippen LogP contribution in [0, 0.1) is 0 Å². The van der Waals surface area contributed by atoms with E-state index < -0.39 is 0 Å². The van der Waals surface area contributed by atoms with E-state index in [4.69, 9.17) is 0 Å². The number of phenols is 3. The van der Waals surface area contributed by atoms with Gasteiger partial charge in [-0.3, -0.25) is 0 Å². The Balaban J connectivity index is 1.38. The molecule has 0 aliphatic heterocycles. The van der Waals surface area contributed by atoms with Crippen LogP contribution in [0.2, 0.25) is 0 Å². The minimum absolute atomic E-state index is 0.250. The lowest BCUT2D eigenvalue weighted by Crippen LogP contribution is -2.20. The van der Waals surface area contributed by atoms with E-state index in [9.17, 15) is 15.3 Å². The summed E-state index contributed by atoms with van der Waals surface area (Å²) in [6, 6.07) is 48.6. The quantitative estimate of drug-likeness (QED) is 0.146. The van der Waals surface area contributed by atoms with Crippen molar-refractivity contribution in [3.05, 3.63) is 179 Å². The maximum absolute atomic E-state index is 9.84. The molecule has 0 saturated carbocycles. The summed E-state index contributed by atoms with van der Waals surface area (Å²) in [5, 5.41) is 29.5. The van der Waals surface area contributed by atoms with E-state index in [2.05, 4.69) is 119 Å². The Bertz CT molecular complexity index is 1770. The molecule has 6 aromatic carbocycles. The standard InChI is InChI=1S/C45H45NO3/c1-43(2,34-13-25-40(47)26-14-34)31-7-19-37(20-8-31)46(38-21-9-32(10-22-38)44(3,4)35-15-27-41(48)28-16-35)39-23-11-33(12-24-39)45(5,6)36-17-29-42(49)30-18-36/h7-30,47-49H,1-6H3. The van der Waals surface area contributed by atoms with E-state index >= 15 is 0 Å². The molecule has 0 heterocycles. The number of phenolic OH excluding ortho intramolecular Hbond substituents is 3. The molecule has 0 fully saturated rings. The minimum Gasteiger partial charge on any atom is -0.508 e.